The third kappa shape index (κ3) is 4.55. The van der Waals surface area contributed by atoms with Gasteiger partial charge in [0.05, 0.1) is 30.5 Å². The minimum atomic E-state index is -4.25. The number of para-hydroxylation sites is 1. The number of hydrogen-bond donors (Lipinski definition) is 1. The lowest BCUT2D eigenvalue weighted by molar-refractivity contribution is 0.0450. The molecule has 3 aromatic carbocycles. The van der Waals surface area contributed by atoms with Gasteiger partial charge in [-0.3, -0.25) is 4.72 Å². The Bertz CT molecular complexity index is 1320. The Morgan fingerprint density at radius 1 is 0.939 bits per heavy atom. The van der Waals surface area contributed by atoms with Gasteiger partial charge in [-0.1, -0.05) is 35.9 Å². The van der Waals surface area contributed by atoms with Crippen LogP contribution in [0.5, 0.6) is 17.2 Å². The van der Waals surface area contributed by atoms with Crippen LogP contribution in [-0.2, 0) is 14.8 Å². The van der Waals surface area contributed by atoms with Crippen LogP contribution in [0.25, 0.3) is 11.1 Å². The van der Waals surface area contributed by atoms with E-state index >= 15 is 0 Å². The zero-order valence-corrected chi connectivity index (χ0v) is 19.3. The molecule has 1 aliphatic rings. The first kappa shape index (κ1) is 22.8. The first-order valence-electron chi connectivity index (χ1n) is 9.82. The minimum absolute atomic E-state index is 0.0443. The van der Waals surface area contributed by atoms with Gasteiger partial charge in [-0.25, -0.2) is 13.2 Å². The molecule has 1 N–H and O–H groups in total. The number of sulfonamides is 1. The van der Waals surface area contributed by atoms with Crippen molar-refractivity contribution in [3.05, 3.63) is 65.2 Å². The molecular weight excluding hydrogens is 470 g/mol. The number of cyclic esters (lactones) is 1. The summed E-state index contributed by atoms with van der Waals surface area (Å²) in [6.07, 6.45) is 0. The van der Waals surface area contributed by atoms with Crippen molar-refractivity contribution in [2.45, 2.75) is 4.90 Å². The van der Waals surface area contributed by atoms with Crippen LogP contribution in [0, 0.1) is 0 Å². The highest BCUT2D eigenvalue weighted by Crippen LogP contribution is 2.39. The van der Waals surface area contributed by atoms with Gasteiger partial charge in [-0.15, -0.1) is 0 Å². The fourth-order valence-electron chi connectivity index (χ4n) is 3.44. The number of fused-ring (bicyclic) bond motifs is 6. The van der Waals surface area contributed by atoms with Crippen LogP contribution in [0.2, 0.25) is 5.02 Å². The van der Waals surface area contributed by atoms with E-state index < -0.39 is 16.0 Å². The zero-order chi connectivity index (χ0) is 23.6. The maximum atomic E-state index is 13.4. The van der Waals surface area contributed by atoms with Crippen LogP contribution < -0.4 is 18.9 Å². The van der Waals surface area contributed by atoms with Crippen molar-refractivity contribution in [1.82, 2.24) is 0 Å². The van der Waals surface area contributed by atoms with Gasteiger partial charge in [0.2, 0.25) is 0 Å². The Balaban J connectivity index is 1.93. The Labute approximate surface area is 196 Å². The summed E-state index contributed by atoms with van der Waals surface area (Å²) in [6.45, 7) is 0.0457. The zero-order valence-electron chi connectivity index (χ0n) is 17.8. The maximum absolute atomic E-state index is 13.4. The largest absolute Gasteiger partial charge is 0.495 e. The second-order valence-electron chi connectivity index (χ2n) is 6.99. The molecule has 0 unspecified atom stereocenters. The highest BCUT2D eigenvalue weighted by atomic mass is 35.5. The minimum Gasteiger partial charge on any atom is -0.495 e. The van der Waals surface area contributed by atoms with Gasteiger partial charge in [-0.2, -0.15) is 0 Å². The van der Waals surface area contributed by atoms with Gasteiger partial charge in [0, 0.05) is 5.56 Å². The predicted molar refractivity (Wildman–Crippen MR) is 123 cm³/mol. The topological polar surface area (TPSA) is 100 Å². The normalized spacial score (nSPS) is 14.9. The van der Waals surface area contributed by atoms with Crippen LogP contribution >= 0.6 is 11.6 Å². The molecule has 0 spiro atoms. The molecule has 0 aromatic heterocycles. The summed E-state index contributed by atoms with van der Waals surface area (Å²) in [5.74, 6) is -0.00641. The van der Waals surface area contributed by atoms with E-state index in [0.717, 1.165) is 11.6 Å². The third-order valence-corrected chi connectivity index (χ3v) is 6.61. The second-order valence-corrected chi connectivity index (χ2v) is 9.05. The molecule has 33 heavy (non-hydrogen) atoms. The summed E-state index contributed by atoms with van der Waals surface area (Å²) >= 11 is 6.23. The number of hydrogen-bond acceptors (Lipinski definition) is 7. The summed E-state index contributed by atoms with van der Waals surface area (Å²) < 4.78 is 50.9. The number of halogens is 1. The van der Waals surface area contributed by atoms with Crippen molar-refractivity contribution in [3.8, 4) is 28.4 Å². The van der Waals surface area contributed by atoms with Gasteiger partial charge in [0.15, 0.2) is 5.75 Å². The van der Waals surface area contributed by atoms with E-state index in [4.69, 9.17) is 30.5 Å². The van der Waals surface area contributed by atoms with Crippen LogP contribution in [0.4, 0.5) is 5.69 Å². The lowest BCUT2D eigenvalue weighted by Crippen LogP contribution is -2.17. The number of esters is 1. The number of carbonyl (C=O) groups excluding carboxylic acids is 1. The average molecular weight is 490 g/mol. The second kappa shape index (κ2) is 9.21. The molecule has 4 bridgehead atoms. The van der Waals surface area contributed by atoms with Crippen LogP contribution in [-0.4, -0.2) is 41.8 Å². The molecule has 1 aliphatic heterocycles. The summed E-state index contributed by atoms with van der Waals surface area (Å²) in [5, 5.41) is -0.0546. The summed E-state index contributed by atoms with van der Waals surface area (Å²) in [7, 11) is -1.54. The van der Waals surface area contributed by atoms with Crippen molar-refractivity contribution >= 4 is 33.3 Å². The molecule has 3 aromatic rings. The first-order valence-corrected chi connectivity index (χ1v) is 11.7. The van der Waals surface area contributed by atoms with Crippen molar-refractivity contribution < 1.29 is 32.2 Å². The number of benzene rings is 3. The van der Waals surface area contributed by atoms with Crippen molar-refractivity contribution in [2.24, 2.45) is 0 Å². The molecule has 0 aliphatic carbocycles. The van der Waals surface area contributed by atoms with E-state index in [1.54, 1.807) is 24.3 Å². The third-order valence-electron chi connectivity index (χ3n) is 4.95. The van der Waals surface area contributed by atoms with Crippen molar-refractivity contribution in [3.63, 3.8) is 0 Å². The maximum Gasteiger partial charge on any atom is 0.338 e. The number of rotatable bonds is 2. The summed E-state index contributed by atoms with van der Waals surface area (Å²) in [5.41, 5.74) is 1.56. The van der Waals surface area contributed by atoms with Gasteiger partial charge in [0.25, 0.3) is 10.0 Å². The molecule has 8 nitrogen and oxygen atoms in total. The molecular formula is C23H20ClNO7S. The molecule has 10 heteroatoms. The van der Waals surface area contributed by atoms with Crippen LogP contribution in [0.1, 0.15) is 10.4 Å². The molecule has 4 rings (SSSR count). The molecule has 0 atom stereocenters. The summed E-state index contributed by atoms with van der Waals surface area (Å²) in [4.78, 5) is 12.2. The van der Waals surface area contributed by atoms with E-state index in [9.17, 15) is 13.2 Å². The van der Waals surface area contributed by atoms with Crippen molar-refractivity contribution in [1.29, 1.82) is 0 Å². The van der Waals surface area contributed by atoms with Gasteiger partial charge in [0.1, 0.15) is 29.6 Å². The van der Waals surface area contributed by atoms with Crippen LogP contribution in [0.15, 0.2) is 59.5 Å². The fraction of sp³-hybridized carbons (Fsp3) is 0.174. The van der Waals surface area contributed by atoms with E-state index in [-0.39, 0.29) is 40.1 Å². The van der Waals surface area contributed by atoms with Gasteiger partial charge < -0.3 is 18.9 Å². The Morgan fingerprint density at radius 2 is 1.70 bits per heavy atom. The lowest BCUT2D eigenvalue weighted by atomic mass is 10.0. The van der Waals surface area contributed by atoms with E-state index in [2.05, 4.69) is 4.72 Å². The van der Waals surface area contributed by atoms with Gasteiger partial charge in [-0.05, 0) is 35.9 Å². The molecule has 1 heterocycles. The fourth-order valence-corrected chi connectivity index (χ4v) is 5.07. The number of anilines is 1. The number of nitrogens with one attached hydrogen (secondary N) is 1. The van der Waals surface area contributed by atoms with Gasteiger partial charge >= 0.3 is 5.97 Å². The average Bonchev–Trinajstić information content (AvgIpc) is 2.80. The smallest absolute Gasteiger partial charge is 0.338 e. The van der Waals surface area contributed by atoms with E-state index in [0.29, 0.717) is 17.1 Å². The highest BCUT2D eigenvalue weighted by Gasteiger charge is 2.27. The Hall–Kier alpha value is -3.43. The molecule has 0 radical (unpaired) electrons. The molecule has 0 saturated carbocycles. The monoisotopic (exact) mass is 489 g/mol. The lowest BCUT2D eigenvalue weighted by Gasteiger charge is -2.17. The Kier molecular flexibility index (Phi) is 6.35. The molecule has 172 valence electrons. The van der Waals surface area contributed by atoms with E-state index in [1.165, 1.54) is 20.3 Å². The highest BCUT2D eigenvalue weighted by molar-refractivity contribution is 7.92. The number of methoxy groups -OCH3 is 2. The molecule has 0 saturated heterocycles. The van der Waals surface area contributed by atoms with Crippen molar-refractivity contribution in [2.75, 3.05) is 32.2 Å². The first-order chi connectivity index (χ1) is 15.8. The Morgan fingerprint density at radius 3 is 2.45 bits per heavy atom. The number of carbonyl (C=O) groups is 1. The van der Waals surface area contributed by atoms with E-state index in [1.807, 2.05) is 18.2 Å². The standard InChI is InChI=1S/C23H20ClNO7S/c1-29-20-8-7-14-12-18(20)25-33(27,28)21-13-15(11-17(24)22(21)30-2)23(26)32-10-9-31-19-6-4-3-5-16(14)19/h3-8,11-13,25H,9-10H2,1-2H3. The SMILES string of the molecule is COc1ccc2cc1NS(=O)(=O)c1cc(cc(Cl)c1OC)C(=O)OCCOc1ccccc1-2. The quantitative estimate of drug-likeness (QED) is 0.533. The molecule has 0 amide bonds. The predicted octanol–water partition coefficient (Wildman–Crippen LogP) is 4.37. The number of ether oxygens (including phenoxy) is 4. The van der Waals surface area contributed by atoms with Crippen LogP contribution in [0.3, 0.4) is 0 Å². The molecule has 0 fully saturated rings. The summed E-state index contributed by atoms with van der Waals surface area (Å²) in [6, 6.07) is 14.8.